The van der Waals surface area contributed by atoms with Gasteiger partial charge in [-0.25, -0.2) is 0 Å². The molecule has 11 heteroatoms. The maximum atomic E-state index is 9.51. The van der Waals surface area contributed by atoms with Crippen LogP contribution in [0.15, 0.2) is 0 Å². The van der Waals surface area contributed by atoms with Crippen molar-refractivity contribution in [1.82, 2.24) is 15.0 Å². The molecule has 1 heterocycles. The highest BCUT2D eigenvalue weighted by Gasteiger charge is 2.19. The molecule has 1 rings (SSSR count). The number of anilines is 3. The van der Waals surface area contributed by atoms with E-state index in [9.17, 15) is 10.2 Å². The third-order valence-corrected chi connectivity index (χ3v) is 3.03. The Hall–Kier alpha value is -1.79. The third-order valence-electron chi connectivity index (χ3n) is 3.03. The molecular formula is C13H26N6O5. The molecule has 0 aliphatic rings. The molecule has 0 aliphatic heterocycles. The fourth-order valence-corrected chi connectivity index (χ4v) is 1.85. The second-order valence-electron chi connectivity index (χ2n) is 4.71. The van der Waals surface area contributed by atoms with Gasteiger partial charge in [-0.05, 0) is 6.92 Å². The molecule has 11 nitrogen and oxygen atoms in total. The highest BCUT2D eigenvalue weighted by atomic mass is 16.5. The van der Waals surface area contributed by atoms with E-state index in [0.717, 1.165) is 0 Å². The first-order valence-corrected chi connectivity index (χ1v) is 7.34. The van der Waals surface area contributed by atoms with Crippen molar-refractivity contribution in [2.24, 2.45) is 0 Å². The molecule has 2 N–H and O–H groups in total. The Morgan fingerprint density at radius 2 is 1.04 bits per heavy atom. The smallest absolute Gasteiger partial charge is 0.235 e. The van der Waals surface area contributed by atoms with Crippen molar-refractivity contribution in [3.05, 3.63) is 0 Å². The van der Waals surface area contributed by atoms with Crippen LogP contribution in [-0.4, -0.2) is 86.7 Å². The van der Waals surface area contributed by atoms with Crippen molar-refractivity contribution in [3.8, 4) is 0 Å². The molecule has 1 aromatic rings. The normalized spacial score (nSPS) is 10.8. The Morgan fingerprint density at radius 3 is 1.33 bits per heavy atom. The van der Waals surface area contributed by atoms with Gasteiger partial charge >= 0.3 is 0 Å². The second kappa shape index (κ2) is 10.9. The van der Waals surface area contributed by atoms with E-state index in [-0.39, 0.29) is 45.6 Å². The van der Waals surface area contributed by atoms with Crippen LogP contribution in [0, 0.1) is 0 Å². The number of rotatable bonds is 12. The monoisotopic (exact) mass is 346 g/mol. The van der Waals surface area contributed by atoms with Crippen LogP contribution in [0.25, 0.3) is 0 Å². The van der Waals surface area contributed by atoms with Crippen molar-refractivity contribution in [3.63, 3.8) is 0 Å². The Balaban J connectivity index is 3.31. The average Bonchev–Trinajstić information content (AvgIpc) is 2.61. The Kier molecular flexibility index (Phi) is 9.19. The topological polar surface area (TPSA) is 117 Å². The van der Waals surface area contributed by atoms with E-state index in [1.807, 2.05) is 6.92 Å². The third kappa shape index (κ3) is 5.39. The van der Waals surface area contributed by atoms with E-state index in [0.29, 0.717) is 12.5 Å². The second-order valence-corrected chi connectivity index (χ2v) is 4.71. The fourth-order valence-electron chi connectivity index (χ4n) is 1.85. The van der Waals surface area contributed by atoms with Crippen LogP contribution in [0.3, 0.4) is 0 Å². The number of methoxy groups -OCH3 is 3. The van der Waals surface area contributed by atoms with E-state index < -0.39 is 0 Å². The SMILES string of the molecule is CCN(COC)c1nc(N(CO)COC)nc(N(CO)COC)n1. The summed E-state index contributed by atoms with van der Waals surface area (Å²) >= 11 is 0. The number of hydrogen-bond donors (Lipinski definition) is 2. The minimum atomic E-state index is -0.337. The van der Waals surface area contributed by atoms with E-state index in [1.54, 1.807) is 12.0 Å². The van der Waals surface area contributed by atoms with Gasteiger partial charge in [-0.2, -0.15) is 15.0 Å². The summed E-state index contributed by atoms with van der Waals surface area (Å²) in [6.07, 6.45) is 0. The molecule has 0 aliphatic carbocycles. The van der Waals surface area contributed by atoms with Crippen molar-refractivity contribution in [2.45, 2.75) is 6.92 Å². The first-order chi connectivity index (χ1) is 11.6. The van der Waals surface area contributed by atoms with Gasteiger partial charge in [0.05, 0.1) is 0 Å². The summed E-state index contributed by atoms with van der Waals surface area (Å²) in [7, 11) is 4.57. The zero-order chi connectivity index (χ0) is 17.9. The standard InChI is InChI=1S/C13H26N6O5/c1-5-17(8-22-2)11-14-12(18(6-20)9-23-3)16-13(15-11)19(7-21)10-24-4/h20-21H,5-10H2,1-4H3. The minimum Gasteiger partial charge on any atom is -0.376 e. The van der Waals surface area contributed by atoms with Crippen LogP contribution in [0.2, 0.25) is 0 Å². The molecule has 24 heavy (non-hydrogen) atoms. The highest BCUT2D eigenvalue weighted by Crippen LogP contribution is 2.19. The summed E-state index contributed by atoms with van der Waals surface area (Å²) in [5.41, 5.74) is 0. The quantitative estimate of drug-likeness (QED) is 0.455. The van der Waals surface area contributed by atoms with Gasteiger partial charge in [0.25, 0.3) is 0 Å². The molecule has 1 aromatic heterocycles. The molecular weight excluding hydrogens is 320 g/mol. The predicted octanol–water partition coefficient (Wildman–Crippen LogP) is -0.978. The molecule has 0 saturated heterocycles. The van der Waals surface area contributed by atoms with Gasteiger partial charge in [-0.1, -0.05) is 0 Å². The Labute approximate surface area is 141 Å². The van der Waals surface area contributed by atoms with Gasteiger partial charge in [0, 0.05) is 27.9 Å². The van der Waals surface area contributed by atoms with Crippen molar-refractivity contribution in [2.75, 3.05) is 76.2 Å². The van der Waals surface area contributed by atoms with Crippen molar-refractivity contribution in [1.29, 1.82) is 0 Å². The summed E-state index contributed by atoms with van der Waals surface area (Å²) in [6, 6.07) is 0. The van der Waals surface area contributed by atoms with Gasteiger partial charge in [0.15, 0.2) is 0 Å². The highest BCUT2D eigenvalue weighted by molar-refractivity contribution is 5.45. The molecule has 0 unspecified atom stereocenters. The van der Waals surface area contributed by atoms with Crippen LogP contribution >= 0.6 is 0 Å². The largest absolute Gasteiger partial charge is 0.376 e. The maximum absolute atomic E-state index is 9.51. The predicted molar refractivity (Wildman–Crippen MR) is 87.6 cm³/mol. The molecule has 0 spiro atoms. The molecule has 0 bridgehead atoms. The number of nitrogens with zero attached hydrogens (tertiary/aromatic N) is 6. The van der Waals surface area contributed by atoms with Crippen molar-refractivity contribution < 1.29 is 24.4 Å². The zero-order valence-electron chi connectivity index (χ0n) is 14.5. The number of ether oxygens (including phenoxy) is 3. The number of hydrogen-bond acceptors (Lipinski definition) is 11. The molecule has 138 valence electrons. The summed E-state index contributed by atoms with van der Waals surface area (Å²) in [5, 5.41) is 19.0. The van der Waals surface area contributed by atoms with Gasteiger partial charge < -0.3 is 29.3 Å². The Bertz CT molecular complexity index is 401. The first-order valence-electron chi connectivity index (χ1n) is 7.34. The number of aromatic nitrogens is 3. The maximum Gasteiger partial charge on any atom is 0.235 e. The minimum absolute atomic E-state index is 0.0964. The van der Waals surface area contributed by atoms with Gasteiger partial charge in [-0.15, -0.1) is 0 Å². The van der Waals surface area contributed by atoms with Crippen LogP contribution in [-0.2, 0) is 14.2 Å². The summed E-state index contributed by atoms with van der Waals surface area (Å²) in [5.74, 6) is 0.773. The molecule has 0 radical (unpaired) electrons. The number of aliphatic hydroxyl groups excluding tert-OH is 2. The lowest BCUT2D eigenvalue weighted by molar-refractivity contribution is 0.163. The molecule has 0 fully saturated rings. The van der Waals surface area contributed by atoms with Gasteiger partial charge in [0.1, 0.15) is 33.7 Å². The van der Waals surface area contributed by atoms with E-state index in [2.05, 4.69) is 15.0 Å². The Morgan fingerprint density at radius 1 is 0.708 bits per heavy atom. The molecule has 0 aromatic carbocycles. The summed E-state index contributed by atoms with van der Waals surface area (Å²) in [6.45, 7) is 2.33. The van der Waals surface area contributed by atoms with Crippen LogP contribution in [0.4, 0.5) is 17.8 Å². The lowest BCUT2D eigenvalue weighted by atomic mass is 10.6. The summed E-state index contributed by atoms with van der Waals surface area (Å²) < 4.78 is 15.2. The van der Waals surface area contributed by atoms with Crippen molar-refractivity contribution >= 4 is 17.8 Å². The van der Waals surface area contributed by atoms with E-state index >= 15 is 0 Å². The molecule has 0 atom stereocenters. The molecule has 0 amide bonds. The first kappa shape index (κ1) is 20.3. The summed E-state index contributed by atoms with van der Waals surface area (Å²) in [4.78, 5) is 17.6. The number of aliphatic hydroxyl groups is 2. The lowest BCUT2D eigenvalue weighted by Gasteiger charge is -2.26. The van der Waals surface area contributed by atoms with Gasteiger partial charge in [0.2, 0.25) is 17.8 Å². The van der Waals surface area contributed by atoms with Gasteiger partial charge in [-0.3, -0.25) is 9.80 Å². The van der Waals surface area contributed by atoms with E-state index in [1.165, 1.54) is 24.0 Å². The fraction of sp³-hybridized carbons (Fsp3) is 0.769. The van der Waals surface area contributed by atoms with Crippen LogP contribution in [0.5, 0.6) is 0 Å². The zero-order valence-corrected chi connectivity index (χ0v) is 14.5. The average molecular weight is 346 g/mol. The van der Waals surface area contributed by atoms with E-state index in [4.69, 9.17) is 14.2 Å². The van der Waals surface area contributed by atoms with Crippen LogP contribution in [0.1, 0.15) is 6.92 Å². The molecule has 0 saturated carbocycles. The lowest BCUT2D eigenvalue weighted by Crippen LogP contribution is -2.34. The van der Waals surface area contributed by atoms with Crippen LogP contribution < -0.4 is 14.7 Å².